The van der Waals surface area contributed by atoms with E-state index in [1.807, 2.05) is 18.4 Å². The van der Waals surface area contributed by atoms with Crippen LogP contribution < -0.4 is 15.6 Å². The SMILES string of the molecule is CCOc1ccccc1C(=O)NCCc1csc2nc(C)cc(=O)n12. The molecule has 7 heteroatoms. The molecule has 0 aliphatic heterocycles. The Morgan fingerprint density at radius 3 is 2.96 bits per heavy atom. The maximum atomic E-state index is 12.4. The number of aromatic nitrogens is 2. The molecule has 0 aliphatic carbocycles. The van der Waals surface area contributed by atoms with Crippen LogP contribution in [0.25, 0.3) is 4.96 Å². The van der Waals surface area contributed by atoms with Crippen LogP contribution in [0.1, 0.15) is 28.7 Å². The van der Waals surface area contributed by atoms with E-state index >= 15 is 0 Å². The monoisotopic (exact) mass is 357 g/mol. The highest BCUT2D eigenvalue weighted by molar-refractivity contribution is 7.15. The number of rotatable bonds is 6. The molecule has 130 valence electrons. The van der Waals surface area contributed by atoms with Gasteiger partial charge in [-0.25, -0.2) is 4.98 Å². The van der Waals surface area contributed by atoms with Crippen molar-refractivity contribution in [2.24, 2.45) is 0 Å². The molecule has 6 nitrogen and oxygen atoms in total. The number of aryl methyl sites for hydroxylation is 1. The van der Waals surface area contributed by atoms with Crippen LogP contribution in [0.15, 0.2) is 40.5 Å². The number of thiazole rings is 1. The van der Waals surface area contributed by atoms with E-state index in [0.29, 0.717) is 41.5 Å². The van der Waals surface area contributed by atoms with Gasteiger partial charge in [-0.05, 0) is 26.0 Å². The fourth-order valence-corrected chi connectivity index (χ4v) is 3.57. The number of hydrogen-bond acceptors (Lipinski definition) is 5. The van der Waals surface area contributed by atoms with E-state index in [1.54, 1.807) is 29.5 Å². The third-order valence-electron chi connectivity index (χ3n) is 3.70. The topological polar surface area (TPSA) is 72.7 Å². The summed E-state index contributed by atoms with van der Waals surface area (Å²) in [6.07, 6.45) is 0.549. The average molecular weight is 357 g/mol. The summed E-state index contributed by atoms with van der Waals surface area (Å²) in [5, 5.41) is 4.79. The number of fused-ring (bicyclic) bond motifs is 1. The normalized spacial score (nSPS) is 10.8. The Kier molecular flexibility index (Phi) is 5.14. The Labute approximate surface area is 149 Å². The highest BCUT2D eigenvalue weighted by atomic mass is 32.1. The van der Waals surface area contributed by atoms with Crippen molar-refractivity contribution in [3.8, 4) is 5.75 Å². The van der Waals surface area contributed by atoms with Crippen LogP contribution in [-0.4, -0.2) is 28.4 Å². The zero-order chi connectivity index (χ0) is 17.8. The van der Waals surface area contributed by atoms with E-state index < -0.39 is 0 Å². The van der Waals surface area contributed by atoms with Crippen molar-refractivity contribution >= 4 is 22.2 Å². The third-order valence-corrected chi connectivity index (χ3v) is 4.58. The van der Waals surface area contributed by atoms with Crippen LogP contribution in [-0.2, 0) is 6.42 Å². The van der Waals surface area contributed by atoms with Crippen molar-refractivity contribution in [3.63, 3.8) is 0 Å². The Morgan fingerprint density at radius 1 is 1.36 bits per heavy atom. The van der Waals surface area contributed by atoms with E-state index in [2.05, 4.69) is 10.3 Å². The molecule has 0 unspecified atom stereocenters. The molecule has 25 heavy (non-hydrogen) atoms. The first kappa shape index (κ1) is 17.2. The Bertz CT molecular complexity index is 962. The first-order chi connectivity index (χ1) is 12.1. The summed E-state index contributed by atoms with van der Waals surface area (Å²) < 4.78 is 7.08. The van der Waals surface area contributed by atoms with Crippen molar-refractivity contribution in [2.75, 3.05) is 13.2 Å². The lowest BCUT2D eigenvalue weighted by atomic mass is 10.2. The lowest BCUT2D eigenvalue weighted by molar-refractivity contribution is 0.0950. The quantitative estimate of drug-likeness (QED) is 0.735. The van der Waals surface area contributed by atoms with Crippen LogP contribution in [0, 0.1) is 6.92 Å². The van der Waals surface area contributed by atoms with Crippen molar-refractivity contribution < 1.29 is 9.53 Å². The van der Waals surface area contributed by atoms with Gasteiger partial charge < -0.3 is 10.1 Å². The van der Waals surface area contributed by atoms with Gasteiger partial charge in [-0.15, -0.1) is 11.3 Å². The molecule has 3 rings (SSSR count). The number of nitrogens with zero attached hydrogens (tertiary/aromatic N) is 2. The summed E-state index contributed by atoms with van der Waals surface area (Å²) >= 11 is 1.43. The molecule has 0 saturated heterocycles. The van der Waals surface area contributed by atoms with Crippen molar-refractivity contribution in [2.45, 2.75) is 20.3 Å². The van der Waals surface area contributed by atoms with Gasteiger partial charge in [0, 0.05) is 35.8 Å². The van der Waals surface area contributed by atoms with E-state index in [1.165, 1.54) is 17.4 Å². The number of nitrogens with one attached hydrogen (secondary N) is 1. The first-order valence-corrected chi connectivity index (χ1v) is 8.95. The number of carbonyl (C=O) groups is 1. The standard InChI is InChI=1S/C18H19N3O3S/c1-3-24-15-7-5-4-6-14(15)17(23)19-9-8-13-11-25-18-20-12(2)10-16(22)21(13)18/h4-7,10-11H,3,8-9H2,1-2H3,(H,19,23). The molecule has 0 atom stereocenters. The van der Waals surface area contributed by atoms with Crippen LogP contribution >= 0.6 is 11.3 Å². The summed E-state index contributed by atoms with van der Waals surface area (Å²) in [6, 6.07) is 8.66. The van der Waals surface area contributed by atoms with Gasteiger partial charge in [0.15, 0.2) is 4.96 Å². The minimum absolute atomic E-state index is 0.0910. The summed E-state index contributed by atoms with van der Waals surface area (Å²) in [5.74, 6) is 0.379. The minimum Gasteiger partial charge on any atom is -0.493 e. The van der Waals surface area contributed by atoms with E-state index in [9.17, 15) is 9.59 Å². The first-order valence-electron chi connectivity index (χ1n) is 8.07. The molecule has 0 bridgehead atoms. The molecule has 3 aromatic rings. The maximum absolute atomic E-state index is 12.4. The molecule has 1 N–H and O–H groups in total. The molecule has 1 amide bonds. The highest BCUT2D eigenvalue weighted by Gasteiger charge is 2.12. The molecule has 2 heterocycles. The summed E-state index contributed by atoms with van der Waals surface area (Å²) in [6.45, 7) is 4.60. The second-order valence-electron chi connectivity index (χ2n) is 5.52. The summed E-state index contributed by atoms with van der Waals surface area (Å²) in [5.41, 5.74) is 1.97. The van der Waals surface area contributed by atoms with Gasteiger partial charge >= 0.3 is 0 Å². The van der Waals surface area contributed by atoms with Gasteiger partial charge in [0.05, 0.1) is 12.2 Å². The van der Waals surface area contributed by atoms with Crippen molar-refractivity contribution in [1.29, 1.82) is 0 Å². The van der Waals surface area contributed by atoms with Crippen LogP contribution in [0.3, 0.4) is 0 Å². The predicted molar refractivity (Wildman–Crippen MR) is 97.7 cm³/mol. The zero-order valence-corrected chi connectivity index (χ0v) is 14.9. The number of para-hydroxylation sites is 1. The van der Waals surface area contributed by atoms with E-state index in [-0.39, 0.29) is 11.5 Å². The van der Waals surface area contributed by atoms with Gasteiger partial charge in [0.2, 0.25) is 0 Å². The Hall–Kier alpha value is -2.67. The van der Waals surface area contributed by atoms with Crippen LogP contribution in [0.4, 0.5) is 0 Å². The zero-order valence-electron chi connectivity index (χ0n) is 14.1. The van der Waals surface area contributed by atoms with E-state index in [4.69, 9.17) is 4.74 Å². The van der Waals surface area contributed by atoms with Gasteiger partial charge in [0.25, 0.3) is 11.5 Å². The lowest BCUT2D eigenvalue weighted by Crippen LogP contribution is -2.27. The summed E-state index contributed by atoms with van der Waals surface area (Å²) in [7, 11) is 0. The molecule has 1 aromatic carbocycles. The predicted octanol–water partition coefficient (Wildman–Crippen LogP) is 2.44. The highest BCUT2D eigenvalue weighted by Crippen LogP contribution is 2.18. The molecular weight excluding hydrogens is 338 g/mol. The Morgan fingerprint density at radius 2 is 2.16 bits per heavy atom. The summed E-state index contributed by atoms with van der Waals surface area (Å²) in [4.78, 5) is 29.5. The van der Waals surface area contributed by atoms with E-state index in [0.717, 1.165) is 5.69 Å². The minimum atomic E-state index is -0.190. The van der Waals surface area contributed by atoms with Crippen LogP contribution in [0.2, 0.25) is 0 Å². The Balaban J connectivity index is 1.70. The average Bonchev–Trinajstić information content (AvgIpc) is 2.98. The number of ether oxygens (including phenoxy) is 1. The van der Waals surface area contributed by atoms with Gasteiger partial charge in [-0.3, -0.25) is 14.0 Å². The molecule has 0 radical (unpaired) electrons. The van der Waals surface area contributed by atoms with Crippen molar-refractivity contribution in [3.05, 3.63) is 63.0 Å². The second-order valence-corrected chi connectivity index (χ2v) is 6.35. The largest absolute Gasteiger partial charge is 0.493 e. The van der Waals surface area contributed by atoms with Crippen molar-refractivity contribution in [1.82, 2.24) is 14.7 Å². The number of hydrogen-bond donors (Lipinski definition) is 1. The smallest absolute Gasteiger partial charge is 0.258 e. The second kappa shape index (κ2) is 7.48. The lowest BCUT2D eigenvalue weighted by Gasteiger charge is -2.10. The number of carbonyl (C=O) groups excluding carboxylic acids is 1. The molecule has 0 fully saturated rings. The van der Waals surface area contributed by atoms with Gasteiger partial charge in [-0.1, -0.05) is 12.1 Å². The molecule has 0 saturated carbocycles. The number of benzene rings is 1. The van der Waals surface area contributed by atoms with Gasteiger partial charge in [0.1, 0.15) is 5.75 Å². The number of amides is 1. The third kappa shape index (κ3) is 3.71. The molecule has 0 aliphatic rings. The van der Waals surface area contributed by atoms with Crippen LogP contribution in [0.5, 0.6) is 5.75 Å². The fourth-order valence-electron chi connectivity index (χ4n) is 2.59. The maximum Gasteiger partial charge on any atom is 0.258 e. The molecule has 0 spiro atoms. The van der Waals surface area contributed by atoms with Gasteiger partial charge in [-0.2, -0.15) is 0 Å². The molecular formula is C18H19N3O3S. The molecule has 2 aromatic heterocycles. The fraction of sp³-hybridized carbons (Fsp3) is 0.278.